The molecule has 0 unspecified atom stereocenters. The molecule has 130 valence electrons. The van der Waals surface area contributed by atoms with E-state index in [1.54, 1.807) is 0 Å². The van der Waals surface area contributed by atoms with Crippen molar-refractivity contribution in [1.29, 1.82) is 0 Å². The molecule has 5 rings (SSSR count). The van der Waals surface area contributed by atoms with E-state index < -0.39 is 0 Å². The summed E-state index contributed by atoms with van der Waals surface area (Å²) < 4.78 is 0. The average molecular weight is 326 g/mol. The average Bonchev–Trinajstić information content (AvgIpc) is 2.54. The Morgan fingerprint density at radius 2 is 1.58 bits per heavy atom. The largest absolute Gasteiger partial charge is 0.378 e. The van der Waals surface area contributed by atoms with E-state index in [2.05, 4.69) is 48.6 Å². The van der Waals surface area contributed by atoms with Crippen LogP contribution in [0.1, 0.15) is 44.1 Å². The van der Waals surface area contributed by atoms with Gasteiger partial charge in [0, 0.05) is 31.7 Å². The molecule has 4 aliphatic carbocycles. The van der Waals surface area contributed by atoms with E-state index in [1.807, 2.05) is 0 Å². The van der Waals surface area contributed by atoms with Gasteiger partial charge in [0.1, 0.15) is 0 Å². The van der Waals surface area contributed by atoms with Gasteiger partial charge in [-0.3, -0.25) is 4.79 Å². The lowest BCUT2D eigenvalue weighted by atomic mass is 9.49. The number of nitrogens with zero attached hydrogens (tertiary/aromatic N) is 1. The van der Waals surface area contributed by atoms with Crippen molar-refractivity contribution < 1.29 is 4.79 Å². The van der Waals surface area contributed by atoms with Gasteiger partial charge in [0.15, 0.2) is 0 Å². The molecule has 3 heteroatoms. The Balaban J connectivity index is 1.32. The number of carbonyl (C=O) groups excluding carboxylic acids is 1. The second-order valence-electron chi connectivity index (χ2n) is 8.76. The molecule has 1 aromatic carbocycles. The molecule has 4 bridgehead atoms. The van der Waals surface area contributed by atoms with Crippen LogP contribution in [0.3, 0.4) is 0 Å². The molecule has 0 saturated heterocycles. The Morgan fingerprint density at radius 1 is 1.04 bits per heavy atom. The maximum absolute atomic E-state index is 12.9. The van der Waals surface area contributed by atoms with E-state index in [0.717, 1.165) is 50.0 Å². The highest BCUT2D eigenvalue weighted by Crippen LogP contribution is 2.60. The Hall–Kier alpha value is -1.51. The number of benzene rings is 1. The molecule has 0 radical (unpaired) electrons. The highest BCUT2D eigenvalue weighted by Gasteiger charge is 2.54. The normalized spacial score (nSPS) is 33.5. The van der Waals surface area contributed by atoms with Crippen molar-refractivity contribution in [2.24, 2.45) is 23.2 Å². The Morgan fingerprint density at radius 3 is 2.08 bits per heavy atom. The third kappa shape index (κ3) is 2.94. The van der Waals surface area contributed by atoms with E-state index in [4.69, 9.17) is 0 Å². The first-order chi connectivity index (χ1) is 11.5. The third-order valence-corrected chi connectivity index (χ3v) is 6.67. The number of hydrogen-bond donors (Lipinski definition) is 1. The SMILES string of the molecule is CN(C)c1ccc(CCNC(=O)C23CC4CC(CC(C4)C2)C3)cc1. The van der Waals surface area contributed by atoms with Crippen LogP contribution in [0.15, 0.2) is 24.3 Å². The van der Waals surface area contributed by atoms with E-state index in [0.29, 0.717) is 5.91 Å². The minimum absolute atomic E-state index is 0.0104. The van der Waals surface area contributed by atoms with Gasteiger partial charge in [-0.1, -0.05) is 12.1 Å². The topological polar surface area (TPSA) is 32.3 Å². The third-order valence-electron chi connectivity index (χ3n) is 6.67. The van der Waals surface area contributed by atoms with Crippen LogP contribution in [0.4, 0.5) is 5.69 Å². The smallest absolute Gasteiger partial charge is 0.226 e. The number of nitrogens with one attached hydrogen (secondary N) is 1. The summed E-state index contributed by atoms with van der Waals surface area (Å²) in [5.41, 5.74) is 2.51. The zero-order chi connectivity index (χ0) is 16.7. The fourth-order valence-corrected chi connectivity index (χ4v) is 5.86. The molecule has 1 aromatic rings. The van der Waals surface area contributed by atoms with Gasteiger partial charge in [-0.2, -0.15) is 0 Å². The van der Waals surface area contributed by atoms with Gasteiger partial charge in [0.2, 0.25) is 5.91 Å². The summed E-state index contributed by atoms with van der Waals surface area (Å²) in [5.74, 6) is 2.85. The maximum Gasteiger partial charge on any atom is 0.226 e. The van der Waals surface area contributed by atoms with E-state index in [-0.39, 0.29) is 5.41 Å². The van der Waals surface area contributed by atoms with Crippen LogP contribution in [-0.4, -0.2) is 26.5 Å². The van der Waals surface area contributed by atoms with Crippen molar-refractivity contribution in [2.75, 3.05) is 25.5 Å². The molecule has 0 atom stereocenters. The predicted octanol–water partition coefficient (Wildman–Crippen LogP) is 3.63. The van der Waals surface area contributed by atoms with Crippen molar-refractivity contribution in [3.63, 3.8) is 0 Å². The first-order valence-corrected chi connectivity index (χ1v) is 9.59. The summed E-state index contributed by atoms with van der Waals surface area (Å²) in [6.07, 6.45) is 8.57. The molecular formula is C21H30N2O. The van der Waals surface area contributed by atoms with Crippen LogP contribution in [0.2, 0.25) is 0 Å². The van der Waals surface area contributed by atoms with Gasteiger partial charge in [-0.15, -0.1) is 0 Å². The molecule has 24 heavy (non-hydrogen) atoms. The minimum Gasteiger partial charge on any atom is -0.378 e. The van der Waals surface area contributed by atoms with Crippen molar-refractivity contribution in [3.05, 3.63) is 29.8 Å². The molecule has 1 amide bonds. The summed E-state index contributed by atoms with van der Waals surface area (Å²) >= 11 is 0. The lowest BCUT2D eigenvalue weighted by Gasteiger charge is -2.55. The second-order valence-corrected chi connectivity index (χ2v) is 8.76. The number of hydrogen-bond acceptors (Lipinski definition) is 2. The van der Waals surface area contributed by atoms with Crippen LogP contribution >= 0.6 is 0 Å². The molecule has 4 fully saturated rings. The molecule has 3 nitrogen and oxygen atoms in total. The lowest BCUT2D eigenvalue weighted by Crippen LogP contribution is -2.53. The molecule has 0 aliphatic heterocycles. The zero-order valence-corrected chi connectivity index (χ0v) is 15.1. The van der Waals surface area contributed by atoms with Gasteiger partial charge in [0.05, 0.1) is 0 Å². The molecule has 0 heterocycles. The highest BCUT2D eigenvalue weighted by atomic mass is 16.2. The number of amides is 1. The fourth-order valence-electron chi connectivity index (χ4n) is 5.86. The van der Waals surface area contributed by atoms with Gasteiger partial charge < -0.3 is 10.2 Å². The first kappa shape index (κ1) is 16.0. The number of rotatable bonds is 5. The molecule has 0 spiro atoms. The van der Waals surface area contributed by atoms with Crippen molar-refractivity contribution >= 4 is 11.6 Å². The van der Waals surface area contributed by atoms with Gasteiger partial charge >= 0.3 is 0 Å². The van der Waals surface area contributed by atoms with E-state index in [1.165, 1.54) is 30.5 Å². The van der Waals surface area contributed by atoms with Gasteiger partial charge in [-0.25, -0.2) is 0 Å². The molecule has 4 saturated carbocycles. The van der Waals surface area contributed by atoms with E-state index in [9.17, 15) is 4.79 Å². The summed E-state index contributed by atoms with van der Waals surface area (Å²) in [5, 5.41) is 3.28. The van der Waals surface area contributed by atoms with E-state index >= 15 is 0 Å². The minimum atomic E-state index is -0.0104. The van der Waals surface area contributed by atoms with Crippen LogP contribution < -0.4 is 10.2 Å². The number of anilines is 1. The molecule has 0 aromatic heterocycles. The van der Waals surface area contributed by atoms with Gasteiger partial charge in [-0.05, 0) is 80.4 Å². The molecule has 4 aliphatic rings. The maximum atomic E-state index is 12.9. The molecule has 1 N–H and O–H groups in total. The zero-order valence-electron chi connectivity index (χ0n) is 15.1. The van der Waals surface area contributed by atoms with Crippen LogP contribution in [0.5, 0.6) is 0 Å². The summed E-state index contributed by atoms with van der Waals surface area (Å²) in [7, 11) is 4.11. The van der Waals surface area contributed by atoms with Gasteiger partial charge in [0.25, 0.3) is 0 Å². The Bertz CT molecular complexity index is 569. The van der Waals surface area contributed by atoms with Crippen molar-refractivity contribution in [1.82, 2.24) is 5.32 Å². The second kappa shape index (κ2) is 6.09. The Kier molecular flexibility index (Phi) is 4.06. The quantitative estimate of drug-likeness (QED) is 0.896. The predicted molar refractivity (Wildman–Crippen MR) is 98.1 cm³/mol. The standard InChI is InChI=1S/C21H30N2O/c1-23(2)19-5-3-15(4-6-19)7-8-22-20(24)21-12-16-9-17(13-21)11-18(10-16)14-21/h3-6,16-18H,7-14H2,1-2H3,(H,22,24). The highest BCUT2D eigenvalue weighted by molar-refractivity contribution is 5.83. The Labute approximate surface area is 145 Å². The monoisotopic (exact) mass is 326 g/mol. The summed E-state index contributed by atoms with van der Waals surface area (Å²) in [6, 6.07) is 8.64. The first-order valence-electron chi connectivity index (χ1n) is 9.59. The van der Waals surface area contributed by atoms with Crippen molar-refractivity contribution in [2.45, 2.75) is 44.9 Å². The van der Waals surface area contributed by atoms with Crippen molar-refractivity contribution in [3.8, 4) is 0 Å². The van der Waals surface area contributed by atoms with Crippen LogP contribution in [0, 0.1) is 23.2 Å². The number of carbonyl (C=O) groups is 1. The van der Waals surface area contributed by atoms with Crippen LogP contribution in [0.25, 0.3) is 0 Å². The summed E-state index contributed by atoms with van der Waals surface area (Å²) in [6.45, 7) is 0.766. The van der Waals surface area contributed by atoms with Crippen LogP contribution in [-0.2, 0) is 11.2 Å². The summed E-state index contributed by atoms with van der Waals surface area (Å²) in [4.78, 5) is 15.0. The lowest BCUT2D eigenvalue weighted by molar-refractivity contribution is -0.146. The fraction of sp³-hybridized carbons (Fsp3) is 0.667. The molecular weight excluding hydrogens is 296 g/mol.